The summed E-state index contributed by atoms with van der Waals surface area (Å²) in [5.74, 6) is -1.00. The molecule has 1 saturated heterocycles. The van der Waals surface area contributed by atoms with Gasteiger partial charge in [-0.15, -0.1) is 0 Å². The Hall–Kier alpha value is -0.610. The van der Waals surface area contributed by atoms with Crippen molar-refractivity contribution in [1.82, 2.24) is 10.2 Å². The van der Waals surface area contributed by atoms with Crippen molar-refractivity contribution in [3.05, 3.63) is 0 Å². The summed E-state index contributed by atoms with van der Waals surface area (Å²) in [5.41, 5.74) is 3.04. The Labute approximate surface area is 110 Å². The molecule has 94 valence electrons. The van der Waals surface area contributed by atoms with Crippen LogP contribution in [-0.4, -0.2) is 42.5 Å². The van der Waals surface area contributed by atoms with Gasteiger partial charge < -0.3 is 11.1 Å². The second-order valence-electron chi connectivity index (χ2n) is 4.36. The maximum Gasteiger partial charge on any atom is 0.234 e. The smallest absolute Gasteiger partial charge is 0.234 e. The molecule has 1 heterocycles. The number of hydrogen-bond donors (Lipinski definition) is 2. The van der Waals surface area contributed by atoms with E-state index in [4.69, 9.17) is 16.7 Å². The van der Waals surface area contributed by atoms with Gasteiger partial charge in [0.05, 0.1) is 9.24 Å². The molecule has 1 rings (SSSR count). The van der Waals surface area contributed by atoms with Crippen LogP contribution in [0, 0.1) is 5.92 Å². The largest absolute Gasteiger partial charge is 0.350 e. The molecule has 0 unspecified atom stereocenters. The second kappa shape index (κ2) is 5.64. The molecule has 3 N–H and O–H groups in total. The lowest BCUT2D eigenvalue weighted by Crippen LogP contribution is -2.47. The number of carbonyl (C=O) groups is 1. The molecule has 0 aromatic heterocycles. The van der Waals surface area contributed by atoms with Crippen LogP contribution in [0.3, 0.4) is 0 Å². The van der Waals surface area contributed by atoms with Gasteiger partial charge in [-0.3, -0.25) is 9.69 Å². The number of carbonyl (C=O) groups excluding carboxylic acids is 1. The molecule has 0 spiro atoms. The monoisotopic (exact) mass is 235 g/mol. The molecule has 0 bridgehead atoms. The third kappa shape index (κ3) is 4.94. The zero-order valence-corrected chi connectivity index (χ0v) is 9.55. The Balaban J connectivity index is 2.95. The highest BCUT2D eigenvalue weighted by atomic mass is 16.2. The normalized spacial score (nSPS) is 29.6. The minimum absolute atomic E-state index is 0.259. The van der Waals surface area contributed by atoms with Crippen LogP contribution in [0.2, 0.25) is 0 Å². The van der Waals surface area contributed by atoms with Gasteiger partial charge in [0.2, 0.25) is 5.91 Å². The van der Waals surface area contributed by atoms with Crippen molar-refractivity contribution in [3.8, 4) is 0 Å². The van der Waals surface area contributed by atoms with E-state index in [2.05, 4.69) is 0 Å². The van der Waals surface area contributed by atoms with E-state index in [1.54, 1.807) is 0 Å². The van der Waals surface area contributed by atoms with Crippen molar-refractivity contribution in [2.24, 2.45) is 11.7 Å². The van der Waals surface area contributed by atoms with Gasteiger partial charge in [0.15, 0.2) is 0 Å². The molecule has 1 fully saturated rings. The third-order valence-corrected chi connectivity index (χ3v) is 2.57. The Bertz CT molecular complexity index is 440. The fourth-order valence-electron chi connectivity index (χ4n) is 1.68. The molecule has 0 aliphatic carbocycles. The summed E-state index contributed by atoms with van der Waals surface area (Å²) in [6.07, 6.45) is 1.25. The lowest BCUT2D eigenvalue weighted by atomic mass is 9.97. The van der Waals surface area contributed by atoms with E-state index in [1.165, 1.54) is 4.90 Å². The third-order valence-electron chi connectivity index (χ3n) is 2.57. The molecule has 4 nitrogen and oxygen atoms in total. The van der Waals surface area contributed by atoms with E-state index < -0.39 is 31.6 Å². The highest BCUT2D eigenvalue weighted by molar-refractivity contribution is 5.78. The van der Waals surface area contributed by atoms with Crippen molar-refractivity contribution in [1.29, 1.82) is 0 Å². The maximum absolute atomic E-state index is 12.4. The number of hydrogen-bond acceptors (Lipinski definition) is 3. The van der Waals surface area contributed by atoms with Crippen molar-refractivity contribution >= 4 is 5.91 Å². The lowest BCUT2D eigenvalue weighted by molar-refractivity contribution is -0.124. The number of nitrogens with two attached hydrogens (primary N) is 1. The molecule has 16 heavy (non-hydrogen) atoms. The predicted octanol–water partition coefficient (Wildman–Crippen LogP) is 0.572. The minimum atomic E-state index is -3.02. The van der Waals surface area contributed by atoms with E-state index in [9.17, 15) is 4.79 Å². The number of nitrogens with one attached hydrogen (secondary N) is 1. The molecule has 1 aliphatic rings. The molecule has 4 heteroatoms. The van der Waals surface area contributed by atoms with Crippen molar-refractivity contribution in [2.75, 3.05) is 26.1 Å². The summed E-state index contributed by atoms with van der Waals surface area (Å²) in [7, 11) is 0. The summed E-state index contributed by atoms with van der Waals surface area (Å²) in [5, 5.41) is 1.93. The summed E-state index contributed by atoms with van der Waals surface area (Å²) < 4.78 is 60.7. The van der Waals surface area contributed by atoms with E-state index in [1.807, 2.05) is 5.32 Å². The highest BCUT2D eigenvalue weighted by Gasteiger charge is 2.21. The molecular formula is C12H25N3O. The van der Waals surface area contributed by atoms with Crippen LogP contribution in [0.15, 0.2) is 0 Å². The minimum Gasteiger partial charge on any atom is -0.350 e. The van der Waals surface area contributed by atoms with Gasteiger partial charge in [0.1, 0.15) is 0 Å². The maximum atomic E-state index is 12.4. The first-order valence-electron chi connectivity index (χ1n) is 9.44. The highest BCUT2D eigenvalue weighted by Crippen LogP contribution is 2.15. The Morgan fingerprint density at radius 3 is 2.75 bits per heavy atom. The van der Waals surface area contributed by atoms with Crippen molar-refractivity contribution < 1.29 is 15.8 Å². The molecular weight excluding hydrogens is 202 g/mol. The first-order chi connectivity index (χ1) is 10.7. The molecule has 1 amide bonds. The molecule has 0 saturated carbocycles. The standard InChI is InChI=1S/C12H25N3O/c1-12(2,3)14-11(16)9-15-6-4-10(8-13)5-7-15/h10H,4-9,13H2,1-3H3,(H,14,16)/i1D3,2D3,9D2. The van der Waals surface area contributed by atoms with Gasteiger partial charge in [-0.2, -0.15) is 0 Å². The van der Waals surface area contributed by atoms with Crippen LogP contribution in [-0.2, 0) is 4.79 Å². The van der Waals surface area contributed by atoms with Gasteiger partial charge in [0, 0.05) is 13.8 Å². The van der Waals surface area contributed by atoms with Gasteiger partial charge >= 0.3 is 0 Å². The van der Waals surface area contributed by atoms with Crippen molar-refractivity contribution in [2.45, 2.75) is 39.0 Å². The Morgan fingerprint density at radius 2 is 2.25 bits per heavy atom. The van der Waals surface area contributed by atoms with Crippen LogP contribution in [0.25, 0.3) is 0 Å². The topological polar surface area (TPSA) is 58.4 Å². The summed E-state index contributed by atoms with van der Waals surface area (Å²) >= 11 is 0. The van der Waals surface area contributed by atoms with Gasteiger partial charge in [-0.25, -0.2) is 0 Å². The molecule has 0 atom stereocenters. The first kappa shape index (κ1) is 5.83. The average molecular weight is 235 g/mol. The summed E-state index contributed by atoms with van der Waals surface area (Å²) in [4.78, 5) is 13.7. The number of nitrogens with zero attached hydrogens (tertiary/aromatic N) is 1. The van der Waals surface area contributed by atoms with Gasteiger partial charge in [-0.1, -0.05) is 0 Å². The summed E-state index contributed by atoms with van der Waals surface area (Å²) in [6, 6.07) is 0. The molecule has 0 radical (unpaired) electrons. The predicted molar refractivity (Wildman–Crippen MR) is 66.1 cm³/mol. The number of rotatable bonds is 3. The first-order valence-corrected chi connectivity index (χ1v) is 5.44. The summed E-state index contributed by atoms with van der Waals surface area (Å²) in [6.45, 7) is -6.58. The molecule has 1 aliphatic heterocycles. The van der Waals surface area contributed by atoms with Crippen LogP contribution >= 0.6 is 0 Å². The van der Waals surface area contributed by atoms with Gasteiger partial charge in [-0.05, 0) is 59.0 Å². The van der Waals surface area contributed by atoms with E-state index in [0.717, 1.165) is 6.92 Å². The van der Waals surface area contributed by atoms with Crippen molar-refractivity contribution in [3.63, 3.8) is 0 Å². The SMILES string of the molecule is [2H]C([2H])(C(=O)NC(C)(C([2H])([2H])[2H])C([2H])([2H])[2H])N1CCC(CN)CC1. The Kier molecular flexibility index (Phi) is 2.05. The fourth-order valence-corrected chi connectivity index (χ4v) is 1.68. The fraction of sp³-hybridized carbons (Fsp3) is 0.917. The van der Waals surface area contributed by atoms with Crippen LogP contribution < -0.4 is 11.1 Å². The molecule has 0 aromatic rings. The molecule has 0 aromatic carbocycles. The van der Waals surface area contributed by atoms with Gasteiger partial charge in [0.25, 0.3) is 0 Å². The van der Waals surface area contributed by atoms with Crippen LogP contribution in [0.1, 0.15) is 44.4 Å². The van der Waals surface area contributed by atoms with E-state index >= 15 is 0 Å². The average Bonchev–Trinajstić information content (AvgIpc) is 2.44. The van der Waals surface area contributed by atoms with Crippen LogP contribution in [0.4, 0.5) is 0 Å². The second-order valence-corrected chi connectivity index (χ2v) is 4.36. The zero-order chi connectivity index (χ0) is 19.0. The number of piperidine rings is 1. The van der Waals surface area contributed by atoms with E-state index in [0.29, 0.717) is 32.5 Å². The number of amides is 1. The van der Waals surface area contributed by atoms with E-state index in [-0.39, 0.29) is 5.92 Å². The quantitative estimate of drug-likeness (QED) is 0.752. The van der Waals surface area contributed by atoms with Crippen LogP contribution in [0.5, 0.6) is 0 Å². The lowest BCUT2D eigenvalue weighted by Gasteiger charge is -2.31. The Morgan fingerprint density at radius 1 is 1.62 bits per heavy atom. The zero-order valence-electron chi connectivity index (χ0n) is 17.5. The number of likely N-dealkylation sites (tertiary alicyclic amines) is 1.